The number of nitriles is 1. The van der Waals surface area contributed by atoms with Crippen molar-refractivity contribution in [1.82, 2.24) is 0 Å². The van der Waals surface area contributed by atoms with E-state index < -0.39 is 11.0 Å². The Morgan fingerprint density at radius 2 is 2.33 bits per heavy atom. The topological polar surface area (TPSA) is 93.0 Å². The largest absolute Gasteiger partial charge is 0.323 e. The Morgan fingerprint density at radius 3 is 2.87 bits per heavy atom. The molecule has 15 heavy (non-hydrogen) atoms. The van der Waals surface area contributed by atoms with E-state index >= 15 is 0 Å². The Kier molecular flexibility index (Phi) is 3.77. The van der Waals surface area contributed by atoms with Gasteiger partial charge in [0.2, 0.25) is 0 Å². The fourth-order valence-corrected chi connectivity index (χ4v) is 1.51. The van der Waals surface area contributed by atoms with E-state index in [-0.39, 0.29) is 12.1 Å². The third-order valence-corrected chi connectivity index (χ3v) is 2.58. The maximum atomic E-state index is 10.6. The van der Waals surface area contributed by atoms with Crippen molar-refractivity contribution in [3.05, 3.63) is 38.3 Å². The molecule has 1 aromatic carbocycles. The zero-order valence-corrected chi connectivity index (χ0v) is 9.27. The van der Waals surface area contributed by atoms with Gasteiger partial charge in [0.25, 0.3) is 5.69 Å². The minimum absolute atomic E-state index is 0.0408. The lowest BCUT2D eigenvalue weighted by Crippen LogP contribution is -2.09. The van der Waals surface area contributed by atoms with Gasteiger partial charge in [-0.2, -0.15) is 5.26 Å². The van der Waals surface area contributed by atoms with Gasteiger partial charge in [0.1, 0.15) is 0 Å². The van der Waals surface area contributed by atoms with Crippen molar-refractivity contribution in [3.8, 4) is 6.07 Å². The van der Waals surface area contributed by atoms with Crippen molar-refractivity contribution < 1.29 is 4.92 Å². The maximum absolute atomic E-state index is 10.6. The van der Waals surface area contributed by atoms with Crippen LogP contribution in [0.2, 0.25) is 0 Å². The van der Waals surface area contributed by atoms with Crippen LogP contribution >= 0.6 is 15.9 Å². The fourth-order valence-electron chi connectivity index (χ4n) is 1.12. The second kappa shape index (κ2) is 4.87. The van der Waals surface area contributed by atoms with Crippen LogP contribution in [0.1, 0.15) is 18.0 Å². The van der Waals surface area contributed by atoms with E-state index in [1.54, 1.807) is 12.1 Å². The van der Waals surface area contributed by atoms with Gasteiger partial charge >= 0.3 is 0 Å². The molecule has 1 atom stereocenters. The van der Waals surface area contributed by atoms with Crippen molar-refractivity contribution in [2.45, 2.75) is 12.5 Å². The summed E-state index contributed by atoms with van der Waals surface area (Å²) in [6, 6.07) is 6.05. The van der Waals surface area contributed by atoms with E-state index in [0.29, 0.717) is 10.0 Å². The van der Waals surface area contributed by atoms with Gasteiger partial charge in [0.15, 0.2) is 0 Å². The molecule has 1 rings (SSSR count). The average Bonchev–Trinajstić information content (AvgIpc) is 2.18. The molecule has 6 heteroatoms. The number of nitro groups is 1. The molecule has 0 bridgehead atoms. The Morgan fingerprint density at radius 1 is 1.67 bits per heavy atom. The second-order valence-corrected chi connectivity index (χ2v) is 3.79. The molecule has 2 N–H and O–H groups in total. The minimum atomic E-state index is -0.493. The number of hydrogen-bond donors (Lipinski definition) is 1. The highest BCUT2D eigenvalue weighted by molar-refractivity contribution is 9.10. The zero-order chi connectivity index (χ0) is 11.4. The van der Waals surface area contributed by atoms with Gasteiger partial charge in [-0.15, -0.1) is 0 Å². The molecule has 0 saturated carbocycles. The second-order valence-electron chi connectivity index (χ2n) is 2.94. The summed E-state index contributed by atoms with van der Waals surface area (Å²) in [5.41, 5.74) is 6.21. The van der Waals surface area contributed by atoms with Crippen molar-refractivity contribution in [2.24, 2.45) is 5.73 Å². The summed E-state index contributed by atoms with van der Waals surface area (Å²) in [5.74, 6) is 0. The van der Waals surface area contributed by atoms with Crippen LogP contribution in [-0.2, 0) is 0 Å². The summed E-state index contributed by atoms with van der Waals surface area (Å²) in [7, 11) is 0. The molecule has 5 nitrogen and oxygen atoms in total. The van der Waals surface area contributed by atoms with E-state index in [1.165, 1.54) is 6.07 Å². The number of nitrogens with two attached hydrogens (primary N) is 1. The molecule has 0 unspecified atom stereocenters. The van der Waals surface area contributed by atoms with Gasteiger partial charge in [-0.1, -0.05) is 6.07 Å². The number of hydrogen-bond acceptors (Lipinski definition) is 4. The Balaban J connectivity index is 3.08. The smallest absolute Gasteiger partial charge is 0.283 e. The number of benzene rings is 1. The lowest BCUT2D eigenvalue weighted by atomic mass is 10.1. The van der Waals surface area contributed by atoms with Crippen LogP contribution in [0.15, 0.2) is 22.7 Å². The molecule has 0 amide bonds. The van der Waals surface area contributed by atoms with Gasteiger partial charge in [-0.05, 0) is 27.6 Å². The molecule has 0 spiro atoms. The standard InChI is InChI=1S/C9H8BrN3O2/c10-7-2-1-6(8(12)3-4-11)5-9(7)13(14)15/h1-2,5,8H,3,12H2/t8-/m1/s1. The molecule has 0 aliphatic carbocycles. The summed E-state index contributed by atoms with van der Waals surface area (Å²) in [4.78, 5) is 10.1. The molecular formula is C9H8BrN3O2. The highest BCUT2D eigenvalue weighted by Gasteiger charge is 2.15. The molecule has 0 saturated heterocycles. The molecular weight excluding hydrogens is 262 g/mol. The van der Waals surface area contributed by atoms with Crippen LogP contribution in [0.5, 0.6) is 0 Å². The Labute approximate surface area is 94.8 Å². The summed E-state index contributed by atoms with van der Waals surface area (Å²) < 4.78 is 0.403. The molecule has 0 radical (unpaired) electrons. The highest BCUT2D eigenvalue weighted by atomic mass is 79.9. The predicted octanol–water partition coefficient (Wildman–Crippen LogP) is 2.27. The summed E-state index contributed by atoms with van der Waals surface area (Å²) >= 11 is 3.07. The fraction of sp³-hybridized carbons (Fsp3) is 0.222. The van der Waals surface area contributed by atoms with Gasteiger partial charge < -0.3 is 5.73 Å². The first-order chi connectivity index (χ1) is 7.06. The van der Waals surface area contributed by atoms with E-state index in [2.05, 4.69) is 15.9 Å². The number of rotatable bonds is 3. The molecule has 0 aliphatic heterocycles. The molecule has 78 valence electrons. The van der Waals surface area contributed by atoms with E-state index in [1.807, 2.05) is 6.07 Å². The normalized spacial score (nSPS) is 11.8. The van der Waals surface area contributed by atoms with Gasteiger partial charge in [0.05, 0.1) is 21.9 Å². The van der Waals surface area contributed by atoms with Crippen LogP contribution in [0.4, 0.5) is 5.69 Å². The SMILES string of the molecule is N#CC[C@@H](N)c1ccc(Br)c([N+](=O)[O-])c1. The monoisotopic (exact) mass is 269 g/mol. The van der Waals surface area contributed by atoms with E-state index in [9.17, 15) is 10.1 Å². The predicted molar refractivity (Wildman–Crippen MR) is 58.0 cm³/mol. The number of halogens is 1. The third kappa shape index (κ3) is 2.75. The first kappa shape index (κ1) is 11.6. The molecule has 1 aromatic rings. The summed E-state index contributed by atoms with van der Waals surface area (Å²) in [6.45, 7) is 0. The van der Waals surface area contributed by atoms with Crippen molar-refractivity contribution in [3.63, 3.8) is 0 Å². The quantitative estimate of drug-likeness (QED) is 0.673. The van der Waals surface area contributed by atoms with Crippen molar-refractivity contribution in [1.29, 1.82) is 5.26 Å². The number of nitro benzene ring substituents is 1. The van der Waals surface area contributed by atoms with Crippen molar-refractivity contribution in [2.75, 3.05) is 0 Å². The van der Waals surface area contributed by atoms with E-state index in [4.69, 9.17) is 11.0 Å². The Bertz CT molecular complexity index is 428. The highest BCUT2D eigenvalue weighted by Crippen LogP contribution is 2.28. The van der Waals surface area contributed by atoms with Crippen LogP contribution in [0, 0.1) is 21.4 Å². The van der Waals surface area contributed by atoms with Crippen LogP contribution in [0.3, 0.4) is 0 Å². The summed E-state index contributed by atoms with van der Waals surface area (Å²) in [6.07, 6.45) is 0.138. The zero-order valence-electron chi connectivity index (χ0n) is 7.68. The van der Waals surface area contributed by atoms with E-state index in [0.717, 1.165) is 0 Å². The third-order valence-electron chi connectivity index (χ3n) is 1.91. The van der Waals surface area contributed by atoms with Crippen LogP contribution in [-0.4, -0.2) is 4.92 Å². The van der Waals surface area contributed by atoms with Crippen molar-refractivity contribution >= 4 is 21.6 Å². The lowest BCUT2D eigenvalue weighted by Gasteiger charge is -2.07. The van der Waals surface area contributed by atoms with Crippen LogP contribution < -0.4 is 5.73 Å². The molecule has 0 heterocycles. The van der Waals surface area contributed by atoms with Crippen LogP contribution in [0.25, 0.3) is 0 Å². The Hall–Kier alpha value is -1.45. The average molecular weight is 270 g/mol. The molecule has 0 aromatic heterocycles. The lowest BCUT2D eigenvalue weighted by molar-refractivity contribution is -0.385. The summed E-state index contributed by atoms with van der Waals surface area (Å²) in [5, 5.41) is 19.1. The maximum Gasteiger partial charge on any atom is 0.283 e. The first-order valence-electron chi connectivity index (χ1n) is 4.12. The van der Waals surface area contributed by atoms with Gasteiger partial charge in [0, 0.05) is 12.1 Å². The molecule has 0 aliphatic rings. The number of nitrogens with zero attached hydrogens (tertiary/aromatic N) is 2. The first-order valence-corrected chi connectivity index (χ1v) is 4.92. The van der Waals surface area contributed by atoms with Gasteiger partial charge in [-0.3, -0.25) is 10.1 Å². The molecule has 0 fully saturated rings. The minimum Gasteiger partial charge on any atom is -0.323 e. The van der Waals surface area contributed by atoms with Gasteiger partial charge in [-0.25, -0.2) is 0 Å².